The second kappa shape index (κ2) is 6.26. The van der Waals surface area contributed by atoms with Gasteiger partial charge in [-0.2, -0.15) is 5.10 Å². The Hall–Kier alpha value is -2.37. The predicted octanol–water partition coefficient (Wildman–Crippen LogP) is 2.88. The van der Waals surface area contributed by atoms with Crippen LogP contribution in [0.4, 0.5) is 0 Å². The van der Waals surface area contributed by atoms with E-state index in [1.54, 1.807) is 7.11 Å². The zero-order valence-corrected chi connectivity index (χ0v) is 13.6. The first-order valence-corrected chi connectivity index (χ1v) is 8.21. The molecule has 4 rings (SSSR count). The Morgan fingerprint density at radius 3 is 3.08 bits per heavy atom. The highest BCUT2D eigenvalue weighted by molar-refractivity contribution is 5.78. The molecule has 0 bridgehead atoms. The molecule has 5 heteroatoms. The van der Waals surface area contributed by atoms with E-state index in [0.29, 0.717) is 6.54 Å². The van der Waals surface area contributed by atoms with Gasteiger partial charge in [0, 0.05) is 24.5 Å². The van der Waals surface area contributed by atoms with E-state index in [1.807, 2.05) is 18.3 Å². The van der Waals surface area contributed by atoms with E-state index < -0.39 is 0 Å². The summed E-state index contributed by atoms with van der Waals surface area (Å²) < 4.78 is 5.34. The molecule has 2 heterocycles. The van der Waals surface area contributed by atoms with Gasteiger partial charge in [0.15, 0.2) is 0 Å². The number of aromatic amines is 1. The highest BCUT2D eigenvalue weighted by Crippen LogP contribution is 2.35. The lowest BCUT2D eigenvalue weighted by atomic mass is 10.0. The normalized spacial score (nSPS) is 21.4. The Morgan fingerprint density at radius 1 is 1.29 bits per heavy atom. The minimum Gasteiger partial charge on any atom is -0.497 e. The van der Waals surface area contributed by atoms with Crippen LogP contribution in [-0.4, -0.2) is 40.0 Å². The summed E-state index contributed by atoms with van der Waals surface area (Å²) in [6.07, 6.45) is 2.29. The maximum atomic E-state index is 10.2. The summed E-state index contributed by atoms with van der Waals surface area (Å²) in [5, 5.41) is 18.4. The Morgan fingerprint density at radius 2 is 2.21 bits per heavy atom. The number of hydrogen-bond donors (Lipinski definition) is 2. The van der Waals surface area contributed by atoms with Gasteiger partial charge < -0.3 is 9.84 Å². The predicted molar refractivity (Wildman–Crippen MR) is 92.9 cm³/mol. The first kappa shape index (κ1) is 15.2. The van der Waals surface area contributed by atoms with Gasteiger partial charge in [0.05, 0.1) is 24.9 Å². The summed E-state index contributed by atoms with van der Waals surface area (Å²) in [6.45, 7) is 1.48. The van der Waals surface area contributed by atoms with Crippen molar-refractivity contribution in [2.24, 2.45) is 0 Å². The average molecular weight is 323 g/mol. The zero-order chi connectivity index (χ0) is 16.5. The molecule has 124 valence electrons. The summed E-state index contributed by atoms with van der Waals surface area (Å²) in [6, 6.07) is 14.7. The lowest BCUT2D eigenvalue weighted by Gasteiger charge is -2.25. The van der Waals surface area contributed by atoms with Crippen molar-refractivity contribution < 1.29 is 9.84 Å². The number of likely N-dealkylation sites (tertiary alicyclic amines) is 1. The Labute approximate surface area is 140 Å². The topological polar surface area (TPSA) is 61.4 Å². The number of β-amino-alcohol motifs (C(OH)–C–C–N with tert-alkyl or cyclic N) is 1. The Kier molecular flexibility index (Phi) is 3.96. The van der Waals surface area contributed by atoms with Gasteiger partial charge in [-0.05, 0) is 35.7 Å². The van der Waals surface area contributed by atoms with Crippen molar-refractivity contribution in [1.82, 2.24) is 15.1 Å². The summed E-state index contributed by atoms with van der Waals surface area (Å²) in [4.78, 5) is 2.33. The van der Waals surface area contributed by atoms with E-state index in [9.17, 15) is 5.11 Å². The number of ether oxygens (including phenoxy) is 1. The van der Waals surface area contributed by atoms with E-state index >= 15 is 0 Å². The number of aromatic nitrogens is 2. The summed E-state index contributed by atoms with van der Waals surface area (Å²) >= 11 is 0. The third-order valence-electron chi connectivity index (χ3n) is 4.75. The van der Waals surface area contributed by atoms with E-state index in [0.717, 1.165) is 29.6 Å². The van der Waals surface area contributed by atoms with Crippen LogP contribution in [0.25, 0.3) is 10.9 Å². The molecule has 1 saturated heterocycles. The van der Waals surface area contributed by atoms with Crippen LogP contribution in [-0.2, 0) is 6.54 Å². The minimum atomic E-state index is -0.294. The number of H-pyrrole nitrogens is 1. The quantitative estimate of drug-likeness (QED) is 0.775. The zero-order valence-electron chi connectivity index (χ0n) is 13.6. The molecular formula is C19H21N3O2. The fourth-order valence-corrected chi connectivity index (χ4v) is 3.57. The number of aliphatic hydroxyl groups excluding tert-OH is 1. The van der Waals surface area contributed by atoms with Crippen LogP contribution < -0.4 is 4.74 Å². The van der Waals surface area contributed by atoms with Crippen molar-refractivity contribution in [3.8, 4) is 5.75 Å². The molecule has 2 atom stereocenters. The van der Waals surface area contributed by atoms with Crippen molar-refractivity contribution >= 4 is 10.9 Å². The molecule has 2 aromatic carbocycles. The molecule has 24 heavy (non-hydrogen) atoms. The molecular weight excluding hydrogens is 302 g/mol. The van der Waals surface area contributed by atoms with E-state index in [-0.39, 0.29) is 12.1 Å². The highest BCUT2D eigenvalue weighted by atomic mass is 16.5. The third-order valence-corrected chi connectivity index (χ3v) is 4.75. The first-order valence-electron chi connectivity index (χ1n) is 8.21. The van der Waals surface area contributed by atoms with Gasteiger partial charge in [0.25, 0.3) is 0 Å². The standard InChI is InChI=1S/C19H21N3O2/c1-24-17-4-2-3-14(8-17)19-9-16(23)12-22(19)11-13-5-6-15-10-20-21-18(15)7-13/h2-8,10,16,19,23H,9,11-12H2,1H3,(H,20,21)/t16-,19-/m1/s1. The monoisotopic (exact) mass is 323 g/mol. The van der Waals surface area contributed by atoms with Gasteiger partial charge >= 0.3 is 0 Å². The fraction of sp³-hybridized carbons (Fsp3) is 0.316. The van der Waals surface area contributed by atoms with Crippen molar-refractivity contribution in [2.75, 3.05) is 13.7 Å². The molecule has 3 aromatic rings. The van der Waals surface area contributed by atoms with Gasteiger partial charge in [-0.3, -0.25) is 10.00 Å². The largest absolute Gasteiger partial charge is 0.497 e. The van der Waals surface area contributed by atoms with Crippen LogP contribution in [0.2, 0.25) is 0 Å². The van der Waals surface area contributed by atoms with Crippen LogP contribution in [0.3, 0.4) is 0 Å². The van der Waals surface area contributed by atoms with Crippen molar-refractivity contribution in [3.63, 3.8) is 0 Å². The third kappa shape index (κ3) is 2.88. The number of rotatable bonds is 4. The Bertz CT molecular complexity index is 845. The molecule has 0 amide bonds. The average Bonchev–Trinajstić information content (AvgIpc) is 3.21. The van der Waals surface area contributed by atoms with Crippen molar-refractivity contribution in [2.45, 2.75) is 25.1 Å². The van der Waals surface area contributed by atoms with Gasteiger partial charge in [-0.1, -0.05) is 24.3 Å². The number of methoxy groups -OCH3 is 1. The SMILES string of the molecule is COc1cccc([C@H]2C[C@@H](O)CN2Cc2ccc3cn[nH]c3c2)c1. The maximum absolute atomic E-state index is 10.2. The molecule has 1 fully saturated rings. The highest BCUT2D eigenvalue weighted by Gasteiger charge is 2.32. The Balaban J connectivity index is 1.59. The van der Waals surface area contributed by atoms with E-state index in [4.69, 9.17) is 4.74 Å². The molecule has 1 aliphatic rings. The van der Waals surface area contributed by atoms with Crippen LogP contribution >= 0.6 is 0 Å². The van der Waals surface area contributed by atoms with Gasteiger partial charge in [-0.25, -0.2) is 0 Å². The lowest BCUT2D eigenvalue weighted by Crippen LogP contribution is -2.24. The van der Waals surface area contributed by atoms with Crippen LogP contribution in [0, 0.1) is 0 Å². The van der Waals surface area contributed by atoms with E-state index in [1.165, 1.54) is 11.1 Å². The number of benzene rings is 2. The van der Waals surface area contributed by atoms with Gasteiger partial charge in [-0.15, -0.1) is 0 Å². The lowest BCUT2D eigenvalue weighted by molar-refractivity contribution is 0.172. The minimum absolute atomic E-state index is 0.201. The molecule has 0 radical (unpaired) electrons. The first-order chi connectivity index (χ1) is 11.7. The van der Waals surface area contributed by atoms with Crippen LogP contribution in [0.1, 0.15) is 23.6 Å². The molecule has 0 saturated carbocycles. The van der Waals surface area contributed by atoms with Gasteiger partial charge in [0.2, 0.25) is 0 Å². The molecule has 0 aliphatic carbocycles. The number of nitrogens with zero attached hydrogens (tertiary/aromatic N) is 2. The summed E-state index contributed by atoms with van der Waals surface area (Å²) in [5.41, 5.74) is 3.45. The van der Waals surface area contributed by atoms with E-state index in [2.05, 4.69) is 45.4 Å². The molecule has 0 spiro atoms. The number of hydrogen-bond acceptors (Lipinski definition) is 4. The number of nitrogens with one attached hydrogen (secondary N) is 1. The molecule has 2 N–H and O–H groups in total. The fourth-order valence-electron chi connectivity index (χ4n) is 3.57. The van der Waals surface area contributed by atoms with Gasteiger partial charge in [0.1, 0.15) is 5.75 Å². The number of fused-ring (bicyclic) bond motifs is 1. The summed E-state index contributed by atoms with van der Waals surface area (Å²) in [5.74, 6) is 0.854. The molecule has 5 nitrogen and oxygen atoms in total. The number of aliphatic hydroxyl groups is 1. The van der Waals surface area contributed by atoms with Crippen molar-refractivity contribution in [1.29, 1.82) is 0 Å². The second-order valence-electron chi connectivity index (χ2n) is 6.40. The van der Waals surface area contributed by atoms with Crippen LogP contribution in [0.15, 0.2) is 48.7 Å². The smallest absolute Gasteiger partial charge is 0.119 e. The molecule has 1 aliphatic heterocycles. The second-order valence-corrected chi connectivity index (χ2v) is 6.40. The van der Waals surface area contributed by atoms with Crippen LogP contribution in [0.5, 0.6) is 5.75 Å². The van der Waals surface area contributed by atoms with Crippen molar-refractivity contribution in [3.05, 3.63) is 59.8 Å². The summed E-state index contributed by atoms with van der Waals surface area (Å²) in [7, 11) is 1.68. The molecule has 0 unspecified atom stereocenters. The molecule has 1 aromatic heterocycles. The maximum Gasteiger partial charge on any atom is 0.119 e.